The number of rotatable bonds is 4. The topological polar surface area (TPSA) is 64.8 Å². The zero-order valence-corrected chi connectivity index (χ0v) is 12.5. The van der Waals surface area contributed by atoms with Gasteiger partial charge in [0.1, 0.15) is 0 Å². The molecule has 0 amide bonds. The van der Waals surface area contributed by atoms with Crippen molar-refractivity contribution in [3.05, 3.63) is 29.5 Å². The van der Waals surface area contributed by atoms with Crippen molar-refractivity contribution in [2.24, 2.45) is 0 Å². The molecule has 1 fully saturated rings. The maximum absolute atomic E-state index is 11.5. The van der Waals surface area contributed by atoms with Crippen LogP contribution in [0.1, 0.15) is 5.69 Å². The van der Waals surface area contributed by atoms with Gasteiger partial charge in [0.2, 0.25) is 0 Å². The van der Waals surface area contributed by atoms with Crippen molar-refractivity contribution in [1.29, 1.82) is 0 Å². The van der Waals surface area contributed by atoms with Gasteiger partial charge in [-0.15, -0.1) is 11.3 Å². The molecule has 2 aromatic heterocycles. The summed E-state index contributed by atoms with van der Waals surface area (Å²) in [5, 5.41) is 2.88. The van der Waals surface area contributed by atoms with E-state index in [1.807, 2.05) is 17.5 Å². The van der Waals surface area contributed by atoms with Crippen LogP contribution in [0.15, 0.2) is 28.2 Å². The molecule has 1 aliphatic rings. The third-order valence-corrected chi connectivity index (χ3v) is 4.19. The van der Waals surface area contributed by atoms with Gasteiger partial charge in [0.15, 0.2) is 16.9 Å². The lowest BCUT2D eigenvalue weighted by Crippen LogP contribution is -2.46. The van der Waals surface area contributed by atoms with Crippen molar-refractivity contribution in [3.8, 4) is 10.8 Å². The smallest absolute Gasteiger partial charge is 0.336 e. The molecule has 0 spiro atoms. The van der Waals surface area contributed by atoms with Crippen molar-refractivity contribution in [3.63, 3.8) is 0 Å². The summed E-state index contributed by atoms with van der Waals surface area (Å²) >= 11 is 1.55. The SMILES string of the molecule is COC(=O)C1CN(Cc2csc(-c3ccco3)n2)CCO1. The Labute approximate surface area is 126 Å². The number of nitrogens with zero attached hydrogens (tertiary/aromatic N) is 2. The number of methoxy groups -OCH3 is 1. The summed E-state index contributed by atoms with van der Waals surface area (Å²) in [6, 6.07) is 3.74. The number of hydrogen-bond acceptors (Lipinski definition) is 7. The molecule has 3 heterocycles. The summed E-state index contributed by atoms with van der Waals surface area (Å²) in [6.07, 6.45) is 1.13. The van der Waals surface area contributed by atoms with Crippen molar-refractivity contribution in [1.82, 2.24) is 9.88 Å². The highest BCUT2D eigenvalue weighted by Gasteiger charge is 2.27. The molecule has 21 heavy (non-hydrogen) atoms. The fourth-order valence-electron chi connectivity index (χ4n) is 2.24. The summed E-state index contributed by atoms with van der Waals surface area (Å²) in [7, 11) is 1.38. The highest BCUT2D eigenvalue weighted by atomic mass is 32.1. The lowest BCUT2D eigenvalue weighted by molar-refractivity contribution is -0.160. The average molecular weight is 308 g/mol. The molecule has 0 aliphatic carbocycles. The van der Waals surface area contributed by atoms with Crippen LogP contribution in [0.3, 0.4) is 0 Å². The van der Waals surface area contributed by atoms with E-state index in [0.29, 0.717) is 19.7 Å². The first-order chi connectivity index (χ1) is 10.3. The zero-order chi connectivity index (χ0) is 14.7. The Kier molecular flexibility index (Phi) is 4.33. The van der Waals surface area contributed by atoms with Gasteiger partial charge in [-0.1, -0.05) is 0 Å². The number of esters is 1. The van der Waals surface area contributed by atoms with Crippen LogP contribution in [0.5, 0.6) is 0 Å². The van der Waals surface area contributed by atoms with Crippen molar-refractivity contribution in [2.45, 2.75) is 12.6 Å². The second-order valence-electron chi connectivity index (χ2n) is 4.74. The Morgan fingerprint density at radius 1 is 1.62 bits per heavy atom. The first-order valence-electron chi connectivity index (χ1n) is 6.66. The first kappa shape index (κ1) is 14.2. The summed E-state index contributed by atoms with van der Waals surface area (Å²) in [5.74, 6) is 0.454. The summed E-state index contributed by atoms with van der Waals surface area (Å²) in [5.41, 5.74) is 0.969. The van der Waals surface area contributed by atoms with E-state index in [-0.39, 0.29) is 5.97 Å². The van der Waals surface area contributed by atoms with Crippen LogP contribution in [0.25, 0.3) is 10.8 Å². The van der Waals surface area contributed by atoms with E-state index in [4.69, 9.17) is 13.9 Å². The lowest BCUT2D eigenvalue weighted by Gasteiger charge is -2.30. The molecule has 3 rings (SSSR count). The second-order valence-corrected chi connectivity index (χ2v) is 5.60. The number of morpholine rings is 1. The van der Waals surface area contributed by atoms with Crippen LogP contribution < -0.4 is 0 Å². The van der Waals surface area contributed by atoms with Gasteiger partial charge >= 0.3 is 5.97 Å². The van der Waals surface area contributed by atoms with Crippen LogP contribution in [0, 0.1) is 0 Å². The van der Waals surface area contributed by atoms with Gasteiger partial charge in [-0.2, -0.15) is 0 Å². The second kappa shape index (κ2) is 6.38. The van der Waals surface area contributed by atoms with E-state index in [0.717, 1.165) is 23.0 Å². The highest BCUT2D eigenvalue weighted by Crippen LogP contribution is 2.24. The van der Waals surface area contributed by atoms with Crippen molar-refractivity contribution >= 4 is 17.3 Å². The van der Waals surface area contributed by atoms with Gasteiger partial charge in [-0.3, -0.25) is 4.90 Å². The number of hydrogen-bond donors (Lipinski definition) is 0. The number of carbonyl (C=O) groups excluding carboxylic acids is 1. The molecule has 112 valence electrons. The molecule has 0 N–H and O–H groups in total. The maximum atomic E-state index is 11.5. The zero-order valence-electron chi connectivity index (χ0n) is 11.7. The molecule has 0 saturated carbocycles. The van der Waals surface area contributed by atoms with Gasteiger partial charge < -0.3 is 13.9 Å². The van der Waals surface area contributed by atoms with E-state index < -0.39 is 6.10 Å². The molecule has 1 atom stereocenters. The monoisotopic (exact) mass is 308 g/mol. The predicted octanol–water partition coefficient (Wildman–Crippen LogP) is 1.78. The highest BCUT2D eigenvalue weighted by molar-refractivity contribution is 7.13. The minimum atomic E-state index is -0.507. The minimum absolute atomic E-state index is 0.325. The van der Waals surface area contributed by atoms with E-state index >= 15 is 0 Å². The fraction of sp³-hybridized carbons (Fsp3) is 0.429. The number of thiazole rings is 1. The van der Waals surface area contributed by atoms with E-state index in [2.05, 4.69) is 9.88 Å². The molecule has 1 aliphatic heterocycles. The largest absolute Gasteiger partial charge is 0.467 e. The van der Waals surface area contributed by atoms with Crippen LogP contribution in [0.2, 0.25) is 0 Å². The van der Waals surface area contributed by atoms with Gasteiger partial charge in [-0.05, 0) is 12.1 Å². The molecule has 0 radical (unpaired) electrons. The number of furan rings is 1. The predicted molar refractivity (Wildman–Crippen MR) is 76.8 cm³/mol. The van der Waals surface area contributed by atoms with Crippen molar-refractivity contribution < 1.29 is 18.7 Å². The minimum Gasteiger partial charge on any atom is -0.467 e. The van der Waals surface area contributed by atoms with Crippen LogP contribution in [-0.2, 0) is 20.8 Å². The molecule has 1 saturated heterocycles. The molecule has 7 heteroatoms. The lowest BCUT2D eigenvalue weighted by atomic mass is 10.2. The fourth-order valence-corrected chi connectivity index (χ4v) is 3.02. The Bertz CT molecular complexity index is 596. The Morgan fingerprint density at radius 2 is 2.52 bits per heavy atom. The van der Waals surface area contributed by atoms with Crippen LogP contribution >= 0.6 is 11.3 Å². The van der Waals surface area contributed by atoms with Crippen LogP contribution in [-0.4, -0.2) is 48.8 Å². The van der Waals surface area contributed by atoms with Gasteiger partial charge in [0.05, 0.1) is 25.7 Å². The van der Waals surface area contributed by atoms with E-state index in [1.54, 1.807) is 17.6 Å². The third-order valence-electron chi connectivity index (χ3n) is 3.28. The molecule has 2 aromatic rings. The Hall–Kier alpha value is -1.70. The Balaban J connectivity index is 1.62. The molecule has 0 aromatic carbocycles. The molecule has 1 unspecified atom stereocenters. The van der Waals surface area contributed by atoms with E-state index in [9.17, 15) is 4.79 Å². The number of ether oxygens (including phenoxy) is 2. The summed E-state index contributed by atoms with van der Waals surface area (Å²) in [6.45, 7) is 2.52. The van der Waals surface area contributed by atoms with Crippen LogP contribution in [0.4, 0.5) is 0 Å². The van der Waals surface area contributed by atoms with Crippen molar-refractivity contribution in [2.75, 3.05) is 26.8 Å². The molecule has 0 bridgehead atoms. The normalized spacial score (nSPS) is 19.6. The maximum Gasteiger partial charge on any atom is 0.336 e. The van der Waals surface area contributed by atoms with Gasteiger partial charge in [0, 0.05) is 25.0 Å². The average Bonchev–Trinajstić information content (AvgIpc) is 3.17. The summed E-state index contributed by atoms with van der Waals surface area (Å²) in [4.78, 5) is 18.2. The Morgan fingerprint density at radius 3 is 3.29 bits per heavy atom. The van der Waals surface area contributed by atoms with Gasteiger partial charge in [-0.25, -0.2) is 9.78 Å². The third kappa shape index (κ3) is 3.31. The number of carbonyl (C=O) groups is 1. The van der Waals surface area contributed by atoms with Gasteiger partial charge in [0.25, 0.3) is 0 Å². The number of aromatic nitrogens is 1. The summed E-state index contributed by atoms with van der Waals surface area (Å²) < 4.78 is 15.5. The quantitative estimate of drug-likeness (QED) is 0.802. The molecular formula is C14H16N2O4S. The standard InChI is InChI=1S/C14H16N2O4S/c1-18-14(17)12-8-16(4-6-20-12)7-10-9-21-13(15-10)11-3-2-5-19-11/h2-3,5,9,12H,4,6-8H2,1H3. The molecule has 6 nitrogen and oxygen atoms in total. The molecular weight excluding hydrogens is 292 g/mol. The first-order valence-corrected chi connectivity index (χ1v) is 7.54. The van der Waals surface area contributed by atoms with E-state index in [1.165, 1.54) is 7.11 Å².